The van der Waals surface area contributed by atoms with Crippen molar-refractivity contribution < 1.29 is 14.6 Å². The summed E-state index contributed by atoms with van der Waals surface area (Å²) in [5, 5.41) is 13.1. The standard InChI is InChI=1S/C27H38N4O3/c1-5-29-16-22(28)10-11-23(27(3,4)26(32)33)20-9-8-19(2)21(15-20)17-31-13-14-34-25-7-6-12-30-24(25)18-31/h6-9,12,15-16,23,29H,5,10-11,13-14,17-18,28H2,1-4H3,(H,32,33)/b22-16-. The normalized spacial score (nSPS) is 15.7. The van der Waals surface area contributed by atoms with Crippen molar-refractivity contribution in [2.45, 2.75) is 59.5 Å². The summed E-state index contributed by atoms with van der Waals surface area (Å²) in [4.78, 5) is 19.0. The summed E-state index contributed by atoms with van der Waals surface area (Å²) in [6.07, 6.45) is 4.90. The minimum atomic E-state index is -0.926. The highest BCUT2D eigenvalue weighted by Gasteiger charge is 2.37. The van der Waals surface area contributed by atoms with Crippen LogP contribution in [0, 0.1) is 12.3 Å². The van der Waals surface area contributed by atoms with Crippen LogP contribution >= 0.6 is 0 Å². The molecule has 1 unspecified atom stereocenters. The molecule has 0 saturated carbocycles. The van der Waals surface area contributed by atoms with E-state index in [2.05, 4.69) is 40.3 Å². The quantitative estimate of drug-likeness (QED) is 0.483. The number of aryl methyl sites for hydroxylation is 1. The SMILES string of the molecule is CCN/C=C(\N)CCC(c1ccc(C)c(CN2CCOc3cccnc3C2)c1)C(C)(C)C(=O)O. The summed E-state index contributed by atoms with van der Waals surface area (Å²) in [5.74, 6) is -0.129. The number of carboxylic acids is 1. The summed E-state index contributed by atoms with van der Waals surface area (Å²) in [5.41, 5.74) is 10.3. The summed E-state index contributed by atoms with van der Waals surface area (Å²) in [7, 11) is 0. The number of rotatable bonds is 10. The second-order valence-corrected chi connectivity index (χ2v) is 9.59. The average molecular weight is 467 g/mol. The van der Waals surface area contributed by atoms with Crippen molar-refractivity contribution in [1.29, 1.82) is 0 Å². The number of allylic oxidation sites excluding steroid dienone is 1. The lowest BCUT2D eigenvalue weighted by molar-refractivity contribution is -0.148. The van der Waals surface area contributed by atoms with Crippen molar-refractivity contribution in [2.24, 2.45) is 11.1 Å². The Morgan fingerprint density at radius 1 is 1.38 bits per heavy atom. The molecule has 2 aromatic rings. The monoisotopic (exact) mass is 466 g/mol. The molecule has 34 heavy (non-hydrogen) atoms. The van der Waals surface area contributed by atoms with Gasteiger partial charge in [0.2, 0.25) is 0 Å². The third-order valence-corrected chi connectivity index (χ3v) is 6.69. The van der Waals surface area contributed by atoms with Gasteiger partial charge in [0.05, 0.1) is 11.1 Å². The van der Waals surface area contributed by atoms with Gasteiger partial charge in [-0.25, -0.2) is 0 Å². The molecule has 0 bridgehead atoms. The molecule has 0 fully saturated rings. The molecule has 0 radical (unpaired) electrons. The topological polar surface area (TPSA) is 101 Å². The first-order valence-electron chi connectivity index (χ1n) is 12.0. The Kier molecular flexibility index (Phi) is 8.56. The molecule has 2 heterocycles. The molecule has 1 atom stereocenters. The summed E-state index contributed by atoms with van der Waals surface area (Å²) >= 11 is 0. The van der Waals surface area contributed by atoms with E-state index in [0.717, 1.165) is 48.9 Å². The van der Waals surface area contributed by atoms with E-state index in [1.807, 2.05) is 25.3 Å². The van der Waals surface area contributed by atoms with Gasteiger partial charge in [-0.3, -0.25) is 14.7 Å². The molecule has 0 amide bonds. The molecule has 1 aliphatic heterocycles. The third kappa shape index (κ3) is 6.29. The molecule has 0 saturated heterocycles. The maximum absolute atomic E-state index is 12.2. The van der Waals surface area contributed by atoms with E-state index in [-0.39, 0.29) is 5.92 Å². The summed E-state index contributed by atoms with van der Waals surface area (Å²) in [6, 6.07) is 10.2. The molecule has 0 aliphatic carbocycles. The van der Waals surface area contributed by atoms with Gasteiger partial charge in [-0.1, -0.05) is 18.2 Å². The number of benzene rings is 1. The van der Waals surface area contributed by atoms with Crippen LogP contribution in [0.1, 0.15) is 61.9 Å². The fourth-order valence-electron chi connectivity index (χ4n) is 4.41. The maximum atomic E-state index is 12.2. The highest BCUT2D eigenvalue weighted by Crippen LogP contribution is 2.40. The largest absolute Gasteiger partial charge is 0.490 e. The second-order valence-electron chi connectivity index (χ2n) is 9.59. The van der Waals surface area contributed by atoms with Crippen LogP contribution in [0.4, 0.5) is 0 Å². The van der Waals surface area contributed by atoms with Crippen LogP contribution in [-0.2, 0) is 17.9 Å². The average Bonchev–Trinajstić information content (AvgIpc) is 3.01. The number of hydrogen-bond donors (Lipinski definition) is 3. The fraction of sp³-hybridized carbons (Fsp3) is 0.481. The summed E-state index contributed by atoms with van der Waals surface area (Å²) < 4.78 is 5.87. The van der Waals surface area contributed by atoms with Crippen molar-refractivity contribution in [3.63, 3.8) is 0 Å². The van der Waals surface area contributed by atoms with Gasteiger partial charge in [0, 0.05) is 44.3 Å². The van der Waals surface area contributed by atoms with E-state index in [0.29, 0.717) is 19.4 Å². The molecule has 184 valence electrons. The first-order valence-corrected chi connectivity index (χ1v) is 12.0. The van der Waals surface area contributed by atoms with E-state index in [9.17, 15) is 9.90 Å². The molecule has 7 nitrogen and oxygen atoms in total. The predicted octanol–water partition coefficient (Wildman–Crippen LogP) is 4.17. The Bertz CT molecular complexity index is 1020. The van der Waals surface area contributed by atoms with Crippen molar-refractivity contribution >= 4 is 5.97 Å². The van der Waals surface area contributed by atoms with Gasteiger partial charge in [-0.2, -0.15) is 0 Å². The van der Waals surface area contributed by atoms with Gasteiger partial charge < -0.3 is 20.9 Å². The molecule has 0 spiro atoms. The van der Waals surface area contributed by atoms with Gasteiger partial charge in [0.15, 0.2) is 0 Å². The molecular formula is C27H38N4O3. The highest BCUT2D eigenvalue weighted by atomic mass is 16.5. The van der Waals surface area contributed by atoms with Crippen LogP contribution in [0.5, 0.6) is 5.75 Å². The number of fused-ring (bicyclic) bond motifs is 1. The summed E-state index contributed by atoms with van der Waals surface area (Å²) in [6.45, 7) is 11.4. The highest BCUT2D eigenvalue weighted by molar-refractivity contribution is 5.75. The lowest BCUT2D eigenvalue weighted by Gasteiger charge is -2.32. The smallest absolute Gasteiger partial charge is 0.309 e. The van der Waals surface area contributed by atoms with Gasteiger partial charge in [0.25, 0.3) is 0 Å². The molecule has 4 N–H and O–H groups in total. The Hall–Kier alpha value is -3.06. The number of ether oxygens (including phenoxy) is 1. The number of pyridine rings is 1. The van der Waals surface area contributed by atoms with Crippen molar-refractivity contribution in [2.75, 3.05) is 19.7 Å². The first kappa shape index (κ1) is 25.6. The van der Waals surface area contributed by atoms with Crippen molar-refractivity contribution in [1.82, 2.24) is 15.2 Å². The fourth-order valence-corrected chi connectivity index (χ4v) is 4.41. The number of hydrogen-bond acceptors (Lipinski definition) is 6. The minimum absolute atomic E-state index is 0.173. The van der Waals surface area contributed by atoms with Gasteiger partial charge in [-0.15, -0.1) is 0 Å². The number of nitrogens with zero attached hydrogens (tertiary/aromatic N) is 2. The molecule has 7 heteroatoms. The van der Waals surface area contributed by atoms with E-state index in [1.165, 1.54) is 11.1 Å². The zero-order valence-corrected chi connectivity index (χ0v) is 20.8. The zero-order chi connectivity index (χ0) is 24.7. The van der Waals surface area contributed by atoms with E-state index in [1.54, 1.807) is 20.0 Å². The molecule has 3 rings (SSSR count). The lowest BCUT2D eigenvalue weighted by atomic mass is 9.72. The van der Waals surface area contributed by atoms with E-state index >= 15 is 0 Å². The Morgan fingerprint density at radius 3 is 2.91 bits per heavy atom. The number of carbonyl (C=O) groups is 1. The molecule has 1 aromatic carbocycles. The number of carboxylic acid groups (broad SMARTS) is 1. The van der Waals surface area contributed by atoms with Crippen molar-refractivity contribution in [3.05, 3.63) is 70.8 Å². The van der Waals surface area contributed by atoms with Crippen LogP contribution in [0.25, 0.3) is 0 Å². The van der Waals surface area contributed by atoms with Gasteiger partial charge in [-0.05, 0) is 75.3 Å². The number of aromatic nitrogens is 1. The number of aliphatic carboxylic acids is 1. The van der Waals surface area contributed by atoms with Crippen molar-refractivity contribution in [3.8, 4) is 5.75 Å². The van der Waals surface area contributed by atoms with E-state index < -0.39 is 11.4 Å². The first-order chi connectivity index (χ1) is 16.2. The zero-order valence-electron chi connectivity index (χ0n) is 20.8. The van der Waals surface area contributed by atoms with Crippen LogP contribution in [0.3, 0.4) is 0 Å². The third-order valence-electron chi connectivity index (χ3n) is 6.69. The van der Waals surface area contributed by atoms with Crippen LogP contribution in [0.2, 0.25) is 0 Å². The van der Waals surface area contributed by atoms with Gasteiger partial charge >= 0.3 is 5.97 Å². The molecular weight excluding hydrogens is 428 g/mol. The Labute approximate surface area is 203 Å². The maximum Gasteiger partial charge on any atom is 0.309 e. The lowest BCUT2D eigenvalue weighted by Crippen LogP contribution is -2.32. The van der Waals surface area contributed by atoms with E-state index in [4.69, 9.17) is 10.5 Å². The minimum Gasteiger partial charge on any atom is -0.490 e. The van der Waals surface area contributed by atoms with Crippen LogP contribution < -0.4 is 15.8 Å². The molecule has 1 aromatic heterocycles. The number of nitrogens with two attached hydrogens (primary N) is 1. The molecule has 1 aliphatic rings. The van der Waals surface area contributed by atoms with Crippen LogP contribution in [-0.4, -0.2) is 40.7 Å². The Balaban J connectivity index is 1.85. The van der Waals surface area contributed by atoms with Crippen LogP contribution in [0.15, 0.2) is 48.4 Å². The number of nitrogens with one attached hydrogen (secondary N) is 1. The predicted molar refractivity (Wildman–Crippen MR) is 134 cm³/mol. The van der Waals surface area contributed by atoms with Gasteiger partial charge in [0.1, 0.15) is 12.4 Å². The Morgan fingerprint density at radius 2 is 2.18 bits per heavy atom. The second kappa shape index (κ2) is 11.4.